The maximum absolute atomic E-state index is 11.9. The Labute approximate surface area is 119 Å². The molecule has 1 aromatic rings. The molecule has 0 radical (unpaired) electrons. The summed E-state index contributed by atoms with van der Waals surface area (Å²) in [6.45, 7) is 4.68. The van der Waals surface area contributed by atoms with E-state index in [-0.39, 0.29) is 10.0 Å². The third-order valence-corrected chi connectivity index (χ3v) is 3.96. The molecule has 0 saturated heterocycles. The van der Waals surface area contributed by atoms with Crippen LogP contribution in [0, 0.1) is 6.92 Å². The van der Waals surface area contributed by atoms with Crippen molar-refractivity contribution in [2.45, 2.75) is 31.6 Å². The normalized spacial score (nSPS) is 11.1. The zero-order chi connectivity index (χ0) is 14.3. The van der Waals surface area contributed by atoms with Gasteiger partial charge in [0, 0.05) is 6.54 Å². The first-order chi connectivity index (χ1) is 8.95. The highest BCUT2D eigenvalue weighted by molar-refractivity contribution is 7.89. The summed E-state index contributed by atoms with van der Waals surface area (Å²) in [4.78, 5) is 2.44. The van der Waals surface area contributed by atoms with Crippen LogP contribution in [0.3, 0.4) is 0 Å². The van der Waals surface area contributed by atoms with Crippen molar-refractivity contribution in [2.75, 3.05) is 6.54 Å². The predicted molar refractivity (Wildman–Crippen MR) is 80.1 cm³/mol. The van der Waals surface area contributed by atoms with Gasteiger partial charge in [-0.25, -0.2) is 8.42 Å². The summed E-state index contributed by atoms with van der Waals surface area (Å²) in [7, 11) is -3.59. The van der Waals surface area contributed by atoms with Gasteiger partial charge in [-0.05, 0) is 37.7 Å². The Morgan fingerprint density at radius 1 is 1.26 bits per heavy atom. The molecule has 5 nitrogen and oxygen atoms in total. The highest BCUT2D eigenvalue weighted by Gasteiger charge is 2.13. The number of benzene rings is 1. The van der Waals surface area contributed by atoms with Crippen molar-refractivity contribution in [2.24, 2.45) is 0 Å². The third kappa shape index (κ3) is 5.54. The predicted octanol–water partition coefficient (Wildman–Crippen LogP) is 1.45. The summed E-state index contributed by atoms with van der Waals surface area (Å²) in [5, 5.41) is 3.18. The molecule has 0 amide bonds. The minimum absolute atomic E-state index is 0.196. The van der Waals surface area contributed by atoms with Crippen LogP contribution in [0.5, 0.6) is 0 Å². The molecule has 19 heavy (non-hydrogen) atoms. The highest BCUT2D eigenvalue weighted by Crippen LogP contribution is 2.08. The molecule has 0 aliphatic rings. The van der Waals surface area contributed by atoms with E-state index < -0.39 is 10.0 Å². The van der Waals surface area contributed by atoms with E-state index in [0.29, 0.717) is 6.54 Å². The molecule has 0 fully saturated rings. The Balaban J connectivity index is 2.51. The molecule has 0 aliphatic heterocycles. The minimum Gasteiger partial charge on any atom is -0.362 e. The second-order valence-corrected chi connectivity index (χ2v) is 6.24. The minimum atomic E-state index is -3.59. The SMILES string of the molecule is CCCCNC(=S)NNS(=O)(=O)c1ccc(C)cc1. The van der Waals surface area contributed by atoms with Gasteiger partial charge in [0.15, 0.2) is 5.11 Å². The van der Waals surface area contributed by atoms with E-state index in [0.717, 1.165) is 18.4 Å². The topological polar surface area (TPSA) is 70.2 Å². The molecular formula is C12H19N3O2S2. The van der Waals surface area contributed by atoms with Crippen LogP contribution in [0.25, 0.3) is 0 Å². The molecule has 0 aliphatic carbocycles. The number of hydrazine groups is 1. The van der Waals surface area contributed by atoms with Crippen LogP contribution >= 0.6 is 12.2 Å². The lowest BCUT2D eigenvalue weighted by molar-refractivity contribution is 0.576. The number of hydrogen-bond acceptors (Lipinski definition) is 3. The molecule has 1 aromatic carbocycles. The van der Waals surface area contributed by atoms with Gasteiger partial charge in [-0.2, -0.15) is 0 Å². The second-order valence-electron chi connectivity index (χ2n) is 4.15. The van der Waals surface area contributed by atoms with Gasteiger partial charge in [0.2, 0.25) is 0 Å². The maximum atomic E-state index is 11.9. The molecule has 0 aromatic heterocycles. The summed E-state index contributed by atoms with van der Waals surface area (Å²) < 4.78 is 23.8. The number of sulfonamides is 1. The van der Waals surface area contributed by atoms with E-state index in [1.807, 2.05) is 6.92 Å². The fraction of sp³-hybridized carbons (Fsp3) is 0.417. The van der Waals surface area contributed by atoms with Crippen molar-refractivity contribution < 1.29 is 8.42 Å². The van der Waals surface area contributed by atoms with Crippen molar-refractivity contribution in [1.82, 2.24) is 15.6 Å². The smallest absolute Gasteiger partial charge is 0.257 e. The van der Waals surface area contributed by atoms with Gasteiger partial charge in [0.1, 0.15) is 0 Å². The van der Waals surface area contributed by atoms with Crippen LogP contribution in [0.2, 0.25) is 0 Å². The van der Waals surface area contributed by atoms with Gasteiger partial charge in [0.25, 0.3) is 10.0 Å². The highest BCUT2D eigenvalue weighted by atomic mass is 32.2. The monoisotopic (exact) mass is 301 g/mol. The molecule has 0 heterocycles. The first-order valence-electron chi connectivity index (χ1n) is 6.08. The van der Waals surface area contributed by atoms with Gasteiger partial charge < -0.3 is 5.32 Å². The zero-order valence-electron chi connectivity index (χ0n) is 11.1. The number of unbranched alkanes of at least 4 members (excludes halogenated alkanes) is 1. The molecule has 0 saturated carbocycles. The van der Waals surface area contributed by atoms with Crippen LogP contribution in [0.4, 0.5) is 0 Å². The Kier molecular flexibility index (Phi) is 6.20. The lowest BCUT2D eigenvalue weighted by Crippen LogP contribution is -2.46. The third-order valence-electron chi connectivity index (χ3n) is 2.45. The number of nitrogens with one attached hydrogen (secondary N) is 3. The van der Waals surface area contributed by atoms with Crippen LogP contribution in [-0.2, 0) is 10.0 Å². The Bertz CT molecular complexity index is 512. The van der Waals surface area contributed by atoms with Gasteiger partial charge in [-0.3, -0.25) is 5.43 Å². The fourth-order valence-electron chi connectivity index (χ4n) is 1.31. The standard InChI is InChI=1S/C12H19N3O2S2/c1-3-4-9-13-12(18)14-15-19(16,17)11-7-5-10(2)6-8-11/h5-8,15H,3-4,9H2,1-2H3,(H2,13,14,18). The van der Waals surface area contributed by atoms with Crippen molar-refractivity contribution in [3.05, 3.63) is 29.8 Å². The summed E-state index contributed by atoms with van der Waals surface area (Å²) in [5.74, 6) is 0. The van der Waals surface area contributed by atoms with E-state index in [1.165, 1.54) is 0 Å². The lowest BCUT2D eigenvalue weighted by Gasteiger charge is -2.11. The van der Waals surface area contributed by atoms with Crippen molar-refractivity contribution in [1.29, 1.82) is 0 Å². The van der Waals surface area contributed by atoms with Crippen molar-refractivity contribution in [3.8, 4) is 0 Å². The maximum Gasteiger partial charge on any atom is 0.257 e. The molecular weight excluding hydrogens is 282 g/mol. The van der Waals surface area contributed by atoms with Gasteiger partial charge >= 0.3 is 0 Å². The fourth-order valence-corrected chi connectivity index (χ4v) is 2.38. The van der Waals surface area contributed by atoms with E-state index in [4.69, 9.17) is 12.2 Å². The number of thiocarbonyl (C=S) groups is 1. The molecule has 7 heteroatoms. The van der Waals surface area contributed by atoms with E-state index >= 15 is 0 Å². The zero-order valence-corrected chi connectivity index (χ0v) is 12.7. The van der Waals surface area contributed by atoms with Gasteiger partial charge in [-0.1, -0.05) is 31.0 Å². The number of hydrogen-bond donors (Lipinski definition) is 3. The van der Waals surface area contributed by atoms with Gasteiger partial charge in [0.05, 0.1) is 4.90 Å². The molecule has 0 unspecified atom stereocenters. The summed E-state index contributed by atoms with van der Waals surface area (Å²) in [5.41, 5.74) is 3.48. The molecule has 0 spiro atoms. The molecule has 3 N–H and O–H groups in total. The second kappa shape index (κ2) is 7.42. The molecule has 106 valence electrons. The molecule has 0 bridgehead atoms. The summed E-state index contributed by atoms with van der Waals surface area (Å²) >= 11 is 4.96. The summed E-state index contributed by atoms with van der Waals surface area (Å²) in [6, 6.07) is 6.58. The van der Waals surface area contributed by atoms with Crippen molar-refractivity contribution >= 4 is 27.4 Å². The largest absolute Gasteiger partial charge is 0.362 e. The van der Waals surface area contributed by atoms with Crippen LogP contribution in [-0.4, -0.2) is 20.1 Å². The van der Waals surface area contributed by atoms with E-state index in [9.17, 15) is 8.42 Å². The Morgan fingerprint density at radius 2 is 1.89 bits per heavy atom. The van der Waals surface area contributed by atoms with Crippen LogP contribution < -0.4 is 15.6 Å². The first-order valence-corrected chi connectivity index (χ1v) is 7.97. The van der Waals surface area contributed by atoms with Gasteiger partial charge in [-0.15, -0.1) is 4.83 Å². The van der Waals surface area contributed by atoms with E-state index in [2.05, 4.69) is 22.5 Å². The number of aryl methyl sites for hydroxylation is 1. The number of rotatable bonds is 6. The average molecular weight is 301 g/mol. The van der Waals surface area contributed by atoms with Crippen LogP contribution in [0.15, 0.2) is 29.2 Å². The lowest BCUT2D eigenvalue weighted by atomic mass is 10.2. The Morgan fingerprint density at radius 3 is 2.47 bits per heavy atom. The quantitative estimate of drug-likeness (QED) is 0.421. The van der Waals surface area contributed by atoms with Crippen LogP contribution in [0.1, 0.15) is 25.3 Å². The summed E-state index contributed by atoms with van der Waals surface area (Å²) in [6.07, 6.45) is 2.03. The molecule has 1 rings (SSSR count). The van der Waals surface area contributed by atoms with Crippen molar-refractivity contribution in [3.63, 3.8) is 0 Å². The molecule has 0 atom stereocenters. The van der Waals surface area contributed by atoms with E-state index in [1.54, 1.807) is 24.3 Å². The Hall–Kier alpha value is -1.18. The average Bonchev–Trinajstić information content (AvgIpc) is 2.37. The first kappa shape index (κ1) is 15.9.